The predicted molar refractivity (Wildman–Crippen MR) is 68.8 cm³/mol. The van der Waals surface area contributed by atoms with Gasteiger partial charge in [-0.1, -0.05) is 0 Å². The molecule has 0 N–H and O–H groups in total. The van der Waals surface area contributed by atoms with Crippen LogP contribution in [0, 0.1) is 144 Å². The van der Waals surface area contributed by atoms with E-state index < -0.39 is 0 Å². The van der Waals surface area contributed by atoms with Crippen LogP contribution in [0.2, 0.25) is 0 Å². The van der Waals surface area contributed by atoms with Crippen molar-refractivity contribution >= 4 is 0 Å². The first kappa shape index (κ1) is 23.3. The Morgan fingerprint density at radius 2 is 0.278 bits per heavy atom. The summed E-state index contributed by atoms with van der Waals surface area (Å²) >= 11 is 0. The average Bonchev–Trinajstić information content (AvgIpc) is 2.15. The molecule has 0 aliphatic heterocycles. The number of hydrogen-bond donors (Lipinski definition) is 0. The van der Waals surface area contributed by atoms with E-state index in [0.29, 0.717) is 0 Å². The molecule has 84 valence electrons. The Morgan fingerprint density at radius 1 is 0.222 bits per heavy atom. The van der Waals surface area contributed by atoms with Gasteiger partial charge in [0.2, 0.25) is 0 Å². The number of hydrogen-bond acceptors (Lipinski definition) is 0. The zero-order chi connectivity index (χ0) is 11.3. The van der Waals surface area contributed by atoms with Crippen molar-refractivity contribution in [3.05, 3.63) is 103 Å². The molecule has 2 aliphatic carbocycles. The molecule has 0 unspecified atom stereocenters. The second-order valence-corrected chi connectivity index (χ2v) is 3.08. The summed E-state index contributed by atoms with van der Waals surface area (Å²) < 4.78 is 0. The molecule has 0 atom stereocenters. The van der Waals surface area contributed by atoms with E-state index in [9.17, 15) is 0 Å². The minimum absolute atomic E-state index is 0. The molecule has 16 radical (unpaired) electrons. The molecule has 0 bridgehead atoms. The van der Waals surface area contributed by atoms with Crippen molar-refractivity contribution in [3.63, 3.8) is 0 Å². The van der Waals surface area contributed by atoms with Crippen molar-refractivity contribution in [1.82, 2.24) is 0 Å². The van der Waals surface area contributed by atoms with Crippen LogP contribution >= 0.6 is 0 Å². The maximum atomic E-state index is 2.00. The molecule has 2 saturated carbocycles. The minimum Gasteiger partial charge on any atom is -0.0312 e. The maximum absolute atomic E-state index is 2.00. The van der Waals surface area contributed by atoms with Crippen molar-refractivity contribution in [2.45, 2.75) is 0 Å². The van der Waals surface area contributed by atoms with Gasteiger partial charge in [0, 0.05) is 40.8 Å². The van der Waals surface area contributed by atoms with Crippen molar-refractivity contribution in [2.75, 3.05) is 0 Å². The van der Waals surface area contributed by atoms with Crippen LogP contribution in [0.25, 0.3) is 0 Å². The first-order chi connectivity index (χ1) is 8.00. The van der Waals surface area contributed by atoms with Crippen molar-refractivity contribution in [1.29, 1.82) is 0 Å². The van der Waals surface area contributed by atoms with E-state index in [0.717, 1.165) is 0 Å². The fourth-order valence-electron chi connectivity index (χ4n) is 1.03. The fraction of sp³-hybridized carbons (Fsp3) is 0. The van der Waals surface area contributed by atoms with Gasteiger partial charge in [-0.3, -0.25) is 0 Å². The minimum atomic E-state index is 0. The molecule has 0 nitrogen and oxygen atoms in total. The third-order valence-electron chi connectivity index (χ3n) is 1.78. The first-order valence-electron chi connectivity index (χ1n) is 5.33. The van der Waals surface area contributed by atoms with E-state index in [4.69, 9.17) is 0 Å². The van der Waals surface area contributed by atoms with E-state index in [1.165, 1.54) is 0 Å². The van der Waals surface area contributed by atoms with Crippen LogP contribution in [0.1, 0.15) is 0 Å². The fourth-order valence-corrected chi connectivity index (χ4v) is 1.03. The first-order valence-corrected chi connectivity index (χ1v) is 5.33. The van der Waals surface area contributed by atoms with Crippen molar-refractivity contribution in [2.24, 2.45) is 0 Å². The summed E-state index contributed by atoms with van der Waals surface area (Å²) in [5.74, 6) is 0. The quantitative estimate of drug-likeness (QED) is 0.520. The summed E-state index contributed by atoms with van der Waals surface area (Å²) in [4.78, 5) is 0. The van der Waals surface area contributed by atoms with Crippen LogP contribution in [0.15, 0.2) is 0 Å². The summed E-state index contributed by atoms with van der Waals surface area (Å²) in [7, 11) is 0. The Kier molecular flexibility index (Phi) is 25.8. The van der Waals surface area contributed by atoms with E-state index in [2.05, 4.69) is 0 Å². The van der Waals surface area contributed by atoms with Crippen LogP contribution in [0.4, 0.5) is 0 Å². The Hall–Kier alpha value is 2.99. The second-order valence-electron chi connectivity index (χ2n) is 3.08. The summed E-state index contributed by atoms with van der Waals surface area (Å²) in [5, 5.41) is 0. The van der Waals surface area contributed by atoms with E-state index in [-0.39, 0.29) is 92.2 Å². The van der Waals surface area contributed by atoms with Gasteiger partial charge in [0.05, 0.1) is 0 Å². The van der Waals surface area contributed by atoms with Gasteiger partial charge in [0.1, 0.15) is 0 Å². The molecule has 18 heavy (non-hydrogen) atoms. The molecular weight excluding hydrogens is 376 g/mol. The van der Waals surface area contributed by atoms with Crippen LogP contribution < -0.4 is 51.4 Å². The third-order valence-corrected chi connectivity index (χ3v) is 1.78. The van der Waals surface area contributed by atoms with Gasteiger partial charge in [0.25, 0.3) is 0 Å². The van der Waals surface area contributed by atoms with Gasteiger partial charge in [-0.05, 0) is 103 Å². The summed E-state index contributed by atoms with van der Waals surface area (Å²) in [6, 6.07) is 0. The summed E-state index contributed by atoms with van der Waals surface area (Å²) in [6.07, 6.45) is 32.0. The SMILES string of the molecule is [CH]1[CH][CH][CH][CH][CH][CH][CH]1.[CH]1[CH][CH][CH][CH][CH][CH][CH]1.[K+].[Nd]. The zero-order valence-electron chi connectivity index (χ0n) is 10.7. The Balaban J connectivity index is 0. The topological polar surface area (TPSA) is 0 Å². The van der Waals surface area contributed by atoms with E-state index >= 15 is 0 Å². The molecule has 2 fully saturated rings. The van der Waals surface area contributed by atoms with Crippen LogP contribution in [-0.2, 0) is 0 Å². The monoisotopic (exact) mass is 389 g/mol. The average molecular weight is 392 g/mol. The van der Waals surface area contributed by atoms with Gasteiger partial charge in [-0.15, -0.1) is 0 Å². The Bertz CT molecular complexity index is 75.1. The van der Waals surface area contributed by atoms with Crippen molar-refractivity contribution < 1.29 is 92.2 Å². The van der Waals surface area contributed by atoms with E-state index in [1.807, 2.05) is 103 Å². The molecule has 0 aromatic heterocycles. The Labute approximate surface area is 191 Å². The summed E-state index contributed by atoms with van der Waals surface area (Å²) in [5.41, 5.74) is 0. The molecule has 0 aromatic carbocycles. The standard InChI is InChI=1S/2C8H8.K.Nd/c2*1-2-4-6-8-7-5-3-1;;/h2*1-8H;;/q;;+1;. The van der Waals surface area contributed by atoms with Crippen LogP contribution in [-0.4, -0.2) is 0 Å². The van der Waals surface area contributed by atoms with Crippen molar-refractivity contribution in [3.8, 4) is 0 Å². The number of rotatable bonds is 0. The molecule has 0 saturated heterocycles. The molecule has 2 rings (SSSR count). The van der Waals surface area contributed by atoms with E-state index in [1.54, 1.807) is 0 Å². The second kappa shape index (κ2) is 20.0. The molecule has 2 heteroatoms. The van der Waals surface area contributed by atoms with Gasteiger partial charge in [0.15, 0.2) is 0 Å². The smallest absolute Gasteiger partial charge is 0.0312 e. The molecule has 0 spiro atoms. The van der Waals surface area contributed by atoms with Gasteiger partial charge >= 0.3 is 51.4 Å². The molecule has 0 aromatic rings. The normalized spacial score (nSPS) is 21.3. The third kappa shape index (κ3) is 17.0. The van der Waals surface area contributed by atoms with Gasteiger partial charge in [-0.25, -0.2) is 0 Å². The maximum Gasteiger partial charge on any atom is 1.00 e. The predicted octanol–water partition coefficient (Wildman–Crippen LogP) is 0.273. The molecule has 0 amide bonds. The van der Waals surface area contributed by atoms with Crippen LogP contribution in [0.3, 0.4) is 0 Å². The molecular formula is C16H16KNd+. The zero-order valence-corrected chi connectivity index (χ0v) is 17.1. The van der Waals surface area contributed by atoms with Crippen LogP contribution in [0.5, 0.6) is 0 Å². The summed E-state index contributed by atoms with van der Waals surface area (Å²) in [6.45, 7) is 0. The van der Waals surface area contributed by atoms with Gasteiger partial charge in [-0.2, -0.15) is 0 Å². The Morgan fingerprint density at radius 3 is 0.333 bits per heavy atom. The van der Waals surface area contributed by atoms with Gasteiger partial charge < -0.3 is 0 Å². The molecule has 2 aliphatic rings. The largest absolute Gasteiger partial charge is 1.00 e. The molecule has 0 heterocycles.